The predicted octanol–water partition coefficient (Wildman–Crippen LogP) is 2.86. The van der Waals surface area contributed by atoms with Gasteiger partial charge in [0.25, 0.3) is 0 Å². The molecule has 2 heteroatoms. The van der Waals surface area contributed by atoms with Crippen LogP contribution in [0.5, 0.6) is 0 Å². The van der Waals surface area contributed by atoms with Gasteiger partial charge < -0.3 is 4.90 Å². The Morgan fingerprint density at radius 1 is 1.25 bits per heavy atom. The number of alkyl halides is 1. The summed E-state index contributed by atoms with van der Waals surface area (Å²) < 4.78 is 12.3. The summed E-state index contributed by atoms with van der Waals surface area (Å²) in [6, 6.07) is 0. The molecule has 1 saturated heterocycles. The van der Waals surface area contributed by atoms with Crippen molar-refractivity contribution in [2.45, 2.75) is 46.2 Å². The maximum Gasteiger partial charge on any atom is 0.0985 e. The van der Waals surface area contributed by atoms with Crippen LogP contribution in [0.25, 0.3) is 0 Å². The van der Waals surface area contributed by atoms with Gasteiger partial charge in [0.2, 0.25) is 0 Å². The van der Waals surface area contributed by atoms with Crippen LogP contribution in [0, 0.1) is 0 Å². The molecule has 0 saturated carbocycles. The van der Waals surface area contributed by atoms with E-state index in [1.54, 1.807) is 6.92 Å². The number of nitrogens with zero attached hydrogens (tertiary/aromatic N) is 1. The fraction of sp³-hybridized carbons (Fsp3) is 1.00. The fourth-order valence-electron chi connectivity index (χ4n) is 1.37. The highest BCUT2D eigenvalue weighted by Gasteiger charge is 2.11. The Balaban J connectivity index is 0.000000561. The highest BCUT2D eigenvalue weighted by atomic mass is 19.1. The molecule has 1 rings (SSSR count). The van der Waals surface area contributed by atoms with Gasteiger partial charge in [0.05, 0.1) is 6.17 Å². The Morgan fingerprint density at radius 2 is 1.75 bits per heavy atom. The first-order valence-corrected chi connectivity index (χ1v) is 5.15. The fourth-order valence-corrected chi connectivity index (χ4v) is 1.37. The number of hydrogen-bond acceptors (Lipinski definition) is 1. The van der Waals surface area contributed by atoms with Crippen molar-refractivity contribution in [2.75, 3.05) is 19.6 Å². The zero-order valence-electron chi connectivity index (χ0n) is 8.65. The van der Waals surface area contributed by atoms with Gasteiger partial charge in [-0.1, -0.05) is 13.8 Å². The van der Waals surface area contributed by atoms with Crippen LogP contribution in [-0.4, -0.2) is 30.7 Å². The van der Waals surface area contributed by atoms with Crippen molar-refractivity contribution in [3.8, 4) is 0 Å². The zero-order valence-corrected chi connectivity index (χ0v) is 8.65. The molecule has 1 aliphatic heterocycles. The summed E-state index contributed by atoms with van der Waals surface area (Å²) in [4.78, 5) is 2.34. The molecule has 1 nitrogen and oxygen atoms in total. The van der Waals surface area contributed by atoms with Gasteiger partial charge in [-0.05, 0) is 39.3 Å². The van der Waals surface area contributed by atoms with Crippen molar-refractivity contribution in [3.63, 3.8) is 0 Å². The molecule has 74 valence electrons. The second-order valence-electron chi connectivity index (χ2n) is 3.12. The molecule has 0 N–H and O–H groups in total. The lowest BCUT2D eigenvalue weighted by Gasteiger charge is -2.13. The van der Waals surface area contributed by atoms with Crippen molar-refractivity contribution >= 4 is 0 Å². The maximum atomic E-state index is 12.3. The number of rotatable bonds is 3. The van der Waals surface area contributed by atoms with Crippen molar-refractivity contribution in [2.24, 2.45) is 0 Å². The van der Waals surface area contributed by atoms with E-state index >= 15 is 0 Å². The Kier molecular flexibility index (Phi) is 7.47. The molecule has 1 heterocycles. The van der Waals surface area contributed by atoms with Crippen LogP contribution < -0.4 is 0 Å². The molecule has 0 aromatic heterocycles. The van der Waals surface area contributed by atoms with Crippen LogP contribution in [0.1, 0.15) is 40.0 Å². The van der Waals surface area contributed by atoms with Crippen molar-refractivity contribution in [3.05, 3.63) is 0 Å². The maximum absolute atomic E-state index is 12.3. The number of hydrogen-bond donors (Lipinski definition) is 0. The summed E-state index contributed by atoms with van der Waals surface area (Å²) in [6.07, 6.45) is 2.70. The molecule has 1 atom stereocenters. The molecule has 0 bridgehead atoms. The zero-order chi connectivity index (χ0) is 9.40. The first-order valence-electron chi connectivity index (χ1n) is 5.15. The van der Waals surface area contributed by atoms with E-state index < -0.39 is 6.17 Å². The van der Waals surface area contributed by atoms with Crippen molar-refractivity contribution in [1.82, 2.24) is 4.90 Å². The van der Waals surface area contributed by atoms with Crippen molar-refractivity contribution < 1.29 is 4.39 Å². The lowest BCUT2D eigenvalue weighted by atomic mass is 10.3. The first kappa shape index (κ1) is 11.9. The molecule has 0 radical (unpaired) electrons. The van der Waals surface area contributed by atoms with Gasteiger partial charge in [-0.15, -0.1) is 0 Å². The second-order valence-corrected chi connectivity index (χ2v) is 3.12. The normalized spacial score (nSPS) is 20.0. The van der Waals surface area contributed by atoms with E-state index in [0.717, 1.165) is 6.54 Å². The molecule has 1 aliphatic rings. The van der Waals surface area contributed by atoms with Gasteiger partial charge >= 0.3 is 0 Å². The van der Waals surface area contributed by atoms with E-state index in [9.17, 15) is 4.39 Å². The average Bonchev–Trinajstić information content (AvgIpc) is 2.56. The van der Waals surface area contributed by atoms with E-state index in [0.29, 0.717) is 6.42 Å². The van der Waals surface area contributed by atoms with Crippen LogP contribution in [0.4, 0.5) is 4.39 Å². The van der Waals surface area contributed by atoms with E-state index in [1.165, 1.54) is 25.9 Å². The van der Waals surface area contributed by atoms with Gasteiger partial charge in [0, 0.05) is 6.54 Å². The van der Waals surface area contributed by atoms with E-state index in [2.05, 4.69) is 4.90 Å². The summed E-state index contributed by atoms with van der Waals surface area (Å²) in [7, 11) is 0. The van der Waals surface area contributed by atoms with Crippen LogP contribution in [0.2, 0.25) is 0 Å². The topological polar surface area (TPSA) is 3.24 Å². The summed E-state index contributed by atoms with van der Waals surface area (Å²) in [5.41, 5.74) is 0. The molecule has 0 aromatic rings. The van der Waals surface area contributed by atoms with E-state index in [-0.39, 0.29) is 0 Å². The minimum absolute atomic E-state index is 0.624. The van der Waals surface area contributed by atoms with E-state index in [1.807, 2.05) is 13.8 Å². The van der Waals surface area contributed by atoms with Crippen LogP contribution in [-0.2, 0) is 0 Å². The Bertz CT molecular complexity index is 87.8. The average molecular weight is 175 g/mol. The molecular weight excluding hydrogens is 153 g/mol. The monoisotopic (exact) mass is 175 g/mol. The van der Waals surface area contributed by atoms with Crippen LogP contribution in [0.3, 0.4) is 0 Å². The third-order valence-corrected chi connectivity index (χ3v) is 2.04. The Morgan fingerprint density at radius 3 is 2.17 bits per heavy atom. The quantitative estimate of drug-likeness (QED) is 0.637. The summed E-state index contributed by atoms with van der Waals surface area (Å²) in [6.45, 7) is 8.97. The van der Waals surface area contributed by atoms with Gasteiger partial charge in [0.1, 0.15) is 0 Å². The largest absolute Gasteiger partial charge is 0.303 e. The third kappa shape index (κ3) is 5.53. The summed E-state index contributed by atoms with van der Waals surface area (Å²) in [5.74, 6) is 0. The molecule has 0 amide bonds. The molecule has 12 heavy (non-hydrogen) atoms. The van der Waals surface area contributed by atoms with Gasteiger partial charge in [-0.25, -0.2) is 4.39 Å². The highest BCUT2D eigenvalue weighted by molar-refractivity contribution is 4.66. The second kappa shape index (κ2) is 7.53. The third-order valence-electron chi connectivity index (χ3n) is 2.04. The lowest BCUT2D eigenvalue weighted by molar-refractivity contribution is 0.266. The Labute approximate surface area is 75.9 Å². The lowest BCUT2D eigenvalue weighted by Crippen LogP contribution is -2.22. The van der Waals surface area contributed by atoms with Crippen molar-refractivity contribution in [1.29, 1.82) is 0 Å². The van der Waals surface area contributed by atoms with Gasteiger partial charge in [-0.2, -0.15) is 0 Å². The molecule has 1 fully saturated rings. The van der Waals surface area contributed by atoms with Gasteiger partial charge in [-0.3, -0.25) is 0 Å². The van der Waals surface area contributed by atoms with Crippen LogP contribution in [0.15, 0.2) is 0 Å². The first-order chi connectivity index (χ1) is 5.79. The predicted molar refractivity (Wildman–Crippen MR) is 52.2 cm³/mol. The number of halogens is 1. The molecule has 0 spiro atoms. The minimum Gasteiger partial charge on any atom is -0.303 e. The molecule has 0 aromatic carbocycles. The molecule has 0 aliphatic carbocycles. The summed E-state index contributed by atoms with van der Waals surface area (Å²) >= 11 is 0. The van der Waals surface area contributed by atoms with E-state index in [4.69, 9.17) is 0 Å². The highest BCUT2D eigenvalue weighted by Crippen LogP contribution is 2.08. The van der Waals surface area contributed by atoms with Gasteiger partial charge in [0.15, 0.2) is 0 Å². The minimum atomic E-state index is -0.624. The molecular formula is C10H22FN. The summed E-state index contributed by atoms with van der Waals surface area (Å²) in [5, 5.41) is 0. The SMILES string of the molecule is CC.CC(F)CCN1CCCC1. The van der Waals surface area contributed by atoms with Crippen LogP contribution >= 0.6 is 0 Å². The Hall–Kier alpha value is -0.110. The standard InChI is InChI=1S/C8H16FN.C2H6/c1-8(9)4-7-10-5-2-3-6-10;1-2/h8H,2-7H2,1H3;1-2H3. The molecule has 1 unspecified atom stereocenters. The number of likely N-dealkylation sites (tertiary alicyclic amines) is 1. The smallest absolute Gasteiger partial charge is 0.0985 e.